The fourth-order valence-corrected chi connectivity index (χ4v) is 3.51. The fraction of sp³-hybridized carbons (Fsp3) is 0.588. The number of nitrogens with one attached hydrogen (secondary N) is 1. The van der Waals surface area contributed by atoms with E-state index < -0.39 is 0 Å². The summed E-state index contributed by atoms with van der Waals surface area (Å²) in [7, 11) is 0. The van der Waals surface area contributed by atoms with Crippen molar-refractivity contribution in [3.8, 4) is 0 Å². The Hall–Kier alpha value is -1.02. The molecular formula is C17H22ClNO. The van der Waals surface area contributed by atoms with Crippen LogP contribution in [0.3, 0.4) is 0 Å². The van der Waals surface area contributed by atoms with E-state index in [1.807, 2.05) is 18.2 Å². The van der Waals surface area contributed by atoms with E-state index >= 15 is 0 Å². The molecule has 1 amide bonds. The summed E-state index contributed by atoms with van der Waals surface area (Å²) in [6, 6.07) is 10.4. The Bertz CT molecular complexity index is 453. The zero-order valence-electron chi connectivity index (χ0n) is 11.7. The molecule has 1 aromatic rings. The molecule has 0 saturated heterocycles. The average Bonchev–Trinajstić information content (AvgIpc) is 3.28. The molecule has 0 bridgehead atoms. The highest BCUT2D eigenvalue weighted by Gasteiger charge is 2.43. The third-order valence-electron chi connectivity index (χ3n) is 4.70. The minimum absolute atomic E-state index is 0.196. The van der Waals surface area contributed by atoms with Crippen LogP contribution in [-0.4, -0.2) is 17.8 Å². The van der Waals surface area contributed by atoms with Gasteiger partial charge < -0.3 is 5.32 Å². The molecule has 0 aliphatic heterocycles. The Morgan fingerprint density at radius 2 is 1.85 bits per heavy atom. The maximum Gasteiger partial charge on any atom is 0.223 e. The van der Waals surface area contributed by atoms with Gasteiger partial charge in [0.05, 0.1) is 0 Å². The first-order chi connectivity index (χ1) is 9.74. The predicted molar refractivity (Wildman–Crippen MR) is 81.9 cm³/mol. The minimum atomic E-state index is 0.196. The quantitative estimate of drug-likeness (QED) is 0.842. The van der Waals surface area contributed by atoms with Crippen LogP contribution in [0.4, 0.5) is 0 Å². The van der Waals surface area contributed by atoms with Gasteiger partial charge in [0, 0.05) is 17.8 Å². The molecule has 0 spiro atoms. The second kappa shape index (κ2) is 6.17. The van der Waals surface area contributed by atoms with Gasteiger partial charge in [-0.3, -0.25) is 4.79 Å². The van der Waals surface area contributed by atoms with E-state index in [0.717, 1.165) is 38.6 Å². The lowest BCUT2D eigenvalue weighted by atomic mass is 9.89. The Morgan fingerprint density at radius 3 is 2.55 bits per heavy atom. The van der Waals surface area contributed by atoms with E-state index in [2.05, 4.69) is 17.4 Å². The van der Waals surface area contributed by atoms with Gasteiger partial charge >= 0.3 is 0 Å². The smallest absolute Gasteiger partial charge is 0.223 e. The highest BCUT2D eigenvalue weighted by Crippen LogP contribution is 2.47. The predicted octanol–water partition coefficient (Wildman–Crippen LogP) is 3.70. The molecule has 1 aromatic carbocycles. The molecule has 3 rings (SSSR count). The monoisotopic (exact) mass is 291 g/mol. The second-order valence-corrected chi connectivity index (χ2v) is 6.84. The van der Waals surface area contributed by atoms with Gasteiger partial charge in [-0.1, -0.05) is 30.3 Å². The van der Waals surface area contributed by atoms with Crippen LogP contribution in [-0.2, 0) is 4.79 Å². The summed E-state index contributed by atoms with van der Waals surface area (Å²) in [5.41, 5.74) is 1.30. The van der Waals surface area contributed by atoms with Crippen molar-refractivity contribution in [3.05, 3.63) is 35.9 Å². The van der Waals surface area contributed by atoms with Gasteiger partial charge in [0.25, 0.3) is 0 Å². The summed E-state index contributed by atoms with van der Waals surface area (Å²) in [6.07, 6.45) is 5.50. The van der Waals surface area contributed by atoms with Crippen LogP contribution in [0.15, 0.2) is 30.3 Å². The molecule has 108 valence electrons. The van der Waals surface area contributed by atoms with Crippen molar-refractivity contribution in [2.45, 2.75) is 43.4 Å². The lowest BCUT2D eigenvalue weighted by molar-refractivity contribution is -0.122. The highest BCUT2D eigenvalue weighted by atomic mass is 35.5. The van der Waals surface area contributed by atoms with Crippen molar-refractivity contribution in [1.29, 1.82) is 0 Å². The maximum atomic E-state index is 12.2. The molecule has 0 radical (unpaired) electrons. The first-order valence-electron chi connectivity index (χ1n) is 7.71. The number of benzene rings is 1. The van der Waals surface area contributed by atoms with Gasteiger partial charge in [0.1, 0.15) is 0 Å². The third-order valence-corrected chi connectivity index (χ3v) is 5.13. The van der Waals surface area contributed by atoms with Crippen LogP contribution in [0.5, 0.6) is 0 Å². The lowest BCUT2D eigenvalue weighted by Crippen LogP contribution is -2.32. The molecule has 3 heteroatoms. The van der Waals surface area contributed by atoms with Crippen molar-refractivity contribution < 1.29 is 4.79 Å². The zero-order chi connectivity index (χ0) is 13.9. The summed E-state index contributed by atoms with van der Waals surface area (Å²) in [4.78, 5) is 12.2. The van der Waals surface area contributed by atoms with Crippen LogP contribution in [0.25, 0.3) is 0 Å². The number of halogens is 1. The van der Waals surface area contributed by atoms with Crippen LogP contribution in [0.2, 0.25) is 0 Å². The standard InChI is InChI=1S/C17H22ClNO/c18-14-8-6-12(7-9-14)11-19-17(20)16-10-15(16)13-4-2-1-3-5-13/h1-5,12,14-16H,6-11H2,(H,19,20). The molecule has 2 atom stereocenters. The lowest BCUT2D eigenvalue weighted by Gasteiger charge is -2.25. The second-order valence-electron chi connectivity index (χ2n) is 6.22. The van der Waals surface area contributed by atoms with Gasteiger partial charge in [0.2, 0.25) is 5.91 Å². The summed E-state index contributed by atoms with van der Waals surface area (Å²) < 4.78 is 0. The molecule has 20 heavy (non-hydrogen) atoms. The number of carbonyl (C=O) groups excluding carboxylic acids is 1. The molecular weight excluding hydrogens is 270 g/mol. The van der Waals surface area contributed by atoms with Gasteiger partial charge in [-0.05, 0) is 49.5 Å². The molecule has 0 heterocycles. The van der Waals surface area contributed by atoms with E-state index in [1.165, 1.54) is 5.56 Å². The molecule has 2 aliphatic rings. The normalized spacial score (nSPS) is 32.6. The van der Waals surface area contributed by atoms with Crippen LogP contribution in [0.1, 0.15) is 43.6 Å². The first kappa shape index (κ1) is 13.9. The van der Waals surface area contributed by atoms with E-state index in [1.54, 1.807) is 0 Å². The maximum absolute atomic E-state index is 12.2. The van der Waals surface area contributed by atoms with Gasteiger partial charge in [-0.25, -0.2) is 0 Å². The van der Waals surface area contributed by atoms with Crippen molar-refractivity contribution in [3.63, 3.8) is 0 Å². The summed E-state index contributed by atoms with van der Waals surface area (Å²) >= 11 is 6.10. The van der Waals surface area contributed by atoms with Gasteiger partial charge in [-0.2, -0.15) is 0 Å². The number of hydrogen-bond donors (Lipinski definition) is 1. The van der Waals surface area contributed by atoms with Crippen LogP contribution in [0, 0.1) is 11.8 Å². The van der Waals surface area contributed by atoms with Crippen molar-refractivity contribution in [1.82, 2.24) is 5.32 Å². The van der Waals surface area contributed by atoms with Crippen molar-refractivity contribution >= 4 is 17.5 Å². The van der Waals surface area contributed by atoms with Crippen LogP contribution < -0.4 is 5.32 Å². The molecule has 2 saturated carbocycles. The Labute approximate surface area is 125 Å². The Morgan fingerprint density at radius 1 is 1.15 bits per heavy atom. The number of carbonyl (C=O) groups is 1. The third kappa shape index (κ3) is 3.35. The number of amides is 1. The highest BCUT2D eigenvalue weighted by molar-refractivity contribution is 6.20. The van der Waals surface area contributed by atoms with E-state index in [9.17, 15) is 4.79 Å². The van der Waals surface area contributed by atoms with E-state index in [4.69, 9.17) is 11.6 Å². The molecule has 2 aliphatic carbocycles. The molecule has 2 nitrogen and oxygen atoms in total. The number of hydrogen-bond acceptors (Lipinski definition) is 1. The Balaban J connectivity index is 1.43. The van der Waals surface area contributed by atoms with Gasteiger partial charge in [-0.15, -0.1) is 11.6 Å². The van der Waals surface area contributed by atoms with E-state index in [0.29, 0.717) is 17.2 Å². The average molecular weight is 292 g/mol. The summed E-state index contributed by atoms with van der Waals surface area (Å²) in [6.45, 7) is 0.834. The summed E-state index contributed by atoms with van der Waals surface area (Å²) in [5.74, 6) is 1.51. The molecule has 2 unspecified atom stereocenters. The fourth-order valence-electron chi connectivity index (χ4n) is 3.26. The van der Waals surface area contributed by atoms with Crippen LogP contribution >= 0.6 is 11.6 Å². The molecule has 1 N–H and O–H groups in total. The topological polar surface area (TPSA) is 29.1 Å². The van der Waals surface area contributed by atoms with Gasteiger partial charge in [0.15, 0.2) is 0 Å². The van der Waals surface area contributed by atoms with Crippen molar-refractivity contribution in [2.75, 3.05) is 6.54 Å². The molecule has 2 fully saturated rings. The SMILES string of the molecule is O=C(NCC1CCC(Cl)CC1)C1CC1c1ccccc1. The van der Waals surface area contributed by atoms with E-state index in [-0.39, 0.29) is 11.8 Å². The first-order valence-corrected chi connectivity index (χ1v) is 8.14. The minimum Gasteiger partial charge on any atom is -0.356 e. The molecule has 0 aromatic heterocycles. The number of alkyl halides is 1. The largest absolute Gasteiger partial charge is 0.356 e. The summed E-state index contributed by atoms with van der Waals surface area (Å²) in [5, 5.41) is 3.50. The number of rotatable bonds is 4. The zero-order valence-corrected chi connectivity index (χ0v) is 12.5. The van der Waals surface area contributed by atoms with Crippen molar-refractivity contribution in [2.24, 2.45) is 11.8 Å². The Kier molecular flexibility index (Phi) is 4.30.